The zero-order valence-corrected chi connectivity index (χ0v) is 12.9. The molecule has 0 fully saturated rings. The Morgan fingerprint density at radius 1 is 1.15 bits per heavy atom. The standard InChI is InChI=1S/C17H25N3/c1-12(2)9-15-5-7-16(8-6-15)17(18)11-20-14(4)10-13(3)19-20/h5-8,10,12,17H,9,11,18H2,1-4H3. The Kier molecular flexibility index (Phi) is 4.61. The van der Waals surface area contributed by atoms with Crippen LogP contribution in [0.1, 0.15) is 42.4 Å². The third-order valence-corrected chi connectivity index (χ3v) is 3.52. The van der Waals surface area contributed by atoms with Gasteiger partial charge < -0.3 is 5.73 Å². The number of nitrogens with zero attached hydrogens (tertiary/aromatic N) is 2. The molecule has 1 heterocycles. The predicted molar refractivity (Wildman–Crippen MR) is 83.6 cm³/mol. The van der Waals surface area contributed by atoms with Crippen LogP contribution in [0.25, 0.3) is 0 Å². The molecule has 0 aliphatic rings. The third-order valence-electron chi connectivity index (χ3n) is 3.52. The molecule has 0 spiro atoms. The summed E-state index contributed by atoms with van der Waals surface area (Å²) in [6, 6.07) is 10.7. The number of benzene rings is 1. The maximum Gasteiger partial charge on any atom is 0.0605 e. The minimum absolute atomic E-state index is 0.0129. The molecule has 1 aromatic carbocycles. The van der Waals surface area contributed by atoms with Crippen LogP contribution >= 0.6 is 0 Å². The van der Waals surface area contributed by atoms with E-state index in [1.165, 1.54) is 11.1 Å². The average Bonchev–Trinajstić information content (AvgIpc) is 2.68. The summed E-state index contributed by atoms with van der Waals surface area (Å²) < 4.78 is 1.99. The molecular formula is C17H25N3. The van der Waals surface area contributed by atoms with Crippen molar-refractivity contribution in [1.82, 2.24) is 9.78 Å². The number of hydrogen-bond acceptors (Lipinski definition) is 2. The van der Waals surface area contributed by atoms with Gasteiger partial charge in [0.05, 0.1) is 12.2 Å². The van der Waals surface area contributed by atoms with E-state index in [2.05, 4.69) is 56.2 Å². The molecule has 0 amide bonds. The van der Waals surface area contributed by atoms with Crippen LogP contribution in [-0.4, -0.2) is 9.78 Å². The van der Waals surface area contributed by atoms with Crippen LogP contribution in [0.15, 0.2) is 30.3 Å². The fourth-order valence-corrected chi connectivity index (χ4v) is 2.52. The Morgan fingerprint density at radius 3 is 2.30 bits per heavy atom. The van der Waals surface area contributed by atoms with Crippen LogP contribution in [0.2, 0.25) is 0 Å². The Balaban J connectivity index is 2.05. The highest BCUT2D eigenvalue weighted by molar-refractivity contribution is 5.25. The molecule has 2 N–H and O–H groups in total. The highest BCUT2D eigenvalue weighted by atomic mass is 15.3. The van der Waals surface area contributed by atoms with Crippen LogP contribution in [0.3, 0.4) is 0 Å². The zero-order valence-electron chi connectivity index (χ0n) is 12.9. The van der Waals surface area contributed by atoms with Crippen molar-refractivity contribution in [3.63, 3.8) is 0 Å². The van der Waals surface area contributed by atoms with E-state index in [-0.39, 0.29) is 6.04 Å². The molecule has 0 aliphatic heterocycles. The van der Waals surface area contributed by atoms with Crippen molar-refractivity contribution in [2.75, 3.05) is 0 Å². The molecule has 108 valence electrons. The minimum Gasteiger partial charge on any atom is -0.322 e. The third kappa shape index (κ3) is 3.70. The summed E-state index contributed by atoms with van der Waals surface area (Å²) in [5.74, 6) is 0.684. The molecule has 3 heteroatoms. The summed E-state index contributed by atoms with van der Waals surface area (Å²) in [5, 5.41) is 4.47. The summed E-state index contributed by atoms with van der Waals surface area (Å²) in [7, 11) is 0. The molecule has 1 atom stereocenters. The fourth-order valence-electron chi connectivity index (χ4n) is 2.52. The predicted octanol–water partition coefficient (Wildman–Crippen LogP) is 3.40. The van der Waals surface area contributed by atoms with Crippen molar-refractivity contribution >= 4 is 0 Å². The van der Waals surface area contributed by atoms with E-state index in [9.17, 15) is 0 Å². The maximum absolute atomic E-state index is 6.30. The van der Waals surface area contributed by atoms with Gasteiger partial charge in [0.25, 0.3) is 0 Å². The Morgan fingerprint density at radius 2 is 1.80 bits per heavy atom. The fraction of sp³-hybridized carbons (Fsp3) is 0.471. The van der Waals surface area contributed by atoms with Crippen LogP contribution in [0, 0.1) is 19.8 Å². The van der Waals surface area contributed by atoms with E-state index in [0.29, 0.717) is 5.92 Å². The molecule has 0 saturated heterocycles. The number of rotatable bonds is 5. The monoisotopic (exact) mass is 271 g/mol. The summed E-state index contributed by atoms with van der Waals surface area (Å²) in [5.41, 5.74) is 11.0. The molecule has 1 aromatic heterocycles. The highest BCUT2D eigenvalue weighted by Crippen LogP contribution is 2.16. The molecule has 3 nitrogen and oxygen atoms in total. The molecule has 2 rings (SSSR count). The van der Waals surface area contributed by atoms with Gasteiger partial charge in [0, 0.05) is 11.7 Å². The maximum atomic E-state index is 6.30. The molecule has 0 bridgehead atoms. The van der Waals surface area contributed by atoms with Crippen molar-refractivity contribution in [1.29, 1.82) is 0 Å². The first kappa shape index (κ1) is 14.8. The van der Waals surface area contributed by atoms with Gasteiger partial charge >= 0.3 is 0 Å². The summed E-state index contributed by atoms with van der Waals surface area (Å²) in [6.07, 6.45) is 1.12. The Hall–Kier alpha value is -1.61. The van der Waals surface area contributed by atoms with E-state index in [1.807, 2.05) is 11.6 Å². The quantitative estimate of drug-likeness (QED) is 0.905. The van der Waals surface area contributed by atoms with Gasteiger partial charge in [-0.15, -0.1) is 0 Å². The van der Waals surface area contributed by atoms with Crippen LogP contribution in [0.4, 0.5) is 0 Å². The van der Waals surface area contributed by atoms with Gasteiger partial charge in [-0.3, -0.25) is 4.68 Å². The van der Waals surface area contributed by atoms with Gasteiger partial charge in [-0.05, 0) is 43.4 Å². The van der Waals surface area contributed by atoms with Gasteiger partial charge in [0.15, 0.2) is 0 Å². The summed E-state index contributed by atoms with van der Waals surface area (Å²) in [6.45, 7) is 9.28. The molecule has 0 aliphatic carbocycles. The van der Waals surface area contributed by atoms with Gasteiger partial charge in [0.1, 0.15) is 0 Å². The van der Waals surface area contributed by atoms with Crippen molar-refractivity contribution in [3.8, 4) is 0 Å². The SMILES string of the molecule is Cc1cc(C)n(CC(N)c2ccc(CC(C)C)cc2)n1. The Labute approximate surface area is 121 Å². The second-order valence-electron chi connectivity index (χ2n) is 6.06. The molecule has 20 heavy (non-hydrogen) atoms. The second kappa shape index (κ2) is 6.23. The zero-order chi connectivity index (χ0) is 14.7. The van der Waals surface area contributed by atoms with E-state index in [0.717, 1.165) is 24.4 Å². The topological polar surface area (TPSA) is 43.8 Å². The van der Waals surface area contributed by atoms with E-state index >= 15 is 0 Å². The van der Waals surface area contributed by atoms with E-state index < -0.39 is 0 Å². The largest absolute Gasteiger partial charge is 0.322 e. The van der Waals surface area contributed by atoms with Gasteiger partial charge in [-0.2, -0.15) is 5.10 Å². The van der Waals surface area contributed by atoms with Crippen molar-refractivity contribution in [2.45, 2.75) is 46.7 Å². The molecule has 0 radical (unpaired) electrons. The van der Waals surface area contributed by atoms with Gasteiger partial charge in [0.2, 0.25) is 0 Å². The van der Waals surface area contributed by atoms with Crippen molar-refractivity contribution in [2.24, 2.45) is 11.7 Å². The normalized spacial score (nSPS) is 12.9. The number of aromatic nitrogens is 2. The van der Waals surface area contributed by atoms with E-state index in [1.54, 1.807) is 0 Å². The van der Waals surface area contributed by atoms with Crippen LogP contribution in [0.5, 0.6) is 0 Å². The smallest absolute Gasteiger partial charge is 0.0605 e. The average molecular weight is 271 g/mol. The Bertz CT molecular complexity index is 552. The van der Waals surface area contributed by atoms with Crippen molar-refractivity contribution < 1.29 is 0 Å². The minimum atomic E-state index is -0.0129. The van der Waals surface area contributed by atoms with Crippen LogP contribution < -0.4 is 5.73 Å². The lowest BCUT2D eigenvalue weighted by Crippen LogP contribution is -2.19. The first-order valence-electron chi connectivity index (χ1n) is 7.31. The molecular weight excluding hydrogens is 246 g/mol. The van der Waals surface area contributed by atoms with Gasteiger partial charge in [-0.25, -0.2) is 0 Å². The first-order chi connectivity index (χ1) is 9.45. The molecule has 2 aromatic rings. The lowest BCUT2D eigenvalue weighted by molar-refractivity contribution is 0.515. The van der Waals surface area contributed by atoms with Gasteiger partial charge in [-0.1, -0.05) is 38.1 Å². The summed E-state index contributed by atoms with van der Waals surface area (Å²) >= 11 is 0. The lowest BCUT2D eigenvalue weighted by Gasteiger charge is -2.14. The first-order valence-corrected chi connectivity index (χ1v) is 7.31. The molecule has 1 unspecified atom stereocenters. The lowest BCUT2D eigenvalue weighted by atomic mass is 9.99. The highest BCUT2D eigenvalue weighted by Gasteiger charge is 2.10. The summed E-state index contributed by atoms with van der Waals surface area (Å²) in [4.78, 5) is 0. The number of aryl methyl sites for hydroxylation is 2. The number of nitrogens with two attached hydrogens (primary N) is 1. The second-order valence-corrected chi connectivity index (χ2v) is 6.06. The molecule has 0 saturated carbocycles. The van der Waals surface area contributed by atoms with Crippen molar-refractivity contribution in [3.05, 3.63) is 52.8 Å². The van der Waals surface area contributed by atoms with Crippen LogP contribution in [-0.2, 0) is 13.0 Å². The van der Waals surface area contributed by atoms with E-state index in [4.69, 9.17) is 5.73 Å². The number of hydrogen-bond donors (Lipinski definition) is 1.